The number of hydrogen-bond donors (Lipinski definition) is 15. The van der Waals surface area contributed by atoms with Crippen molar-refractivity contribution in [3.05, 3.63) is 71.3 Å². The van der Waals surface area contributed by atoms with Crippen LogP contribution in [0.1, 0.15) is 95.8 Å². The van der Waals surface area contributed by atoms with Gasteiger partial charge in [0, 0.05) is 50.2 Å². The zero-order valence-electron chi connectivity index (χ0n) is 45.6. The number of unbranched alkanes of at least 4 members (excludes halogenated alkanes) is 1. The first-order chi connectivity index (χ1) is 38.1. The number of benzene rings is 3. The summed E-state index contributed by atoms with van der Waals surface area (Å²) in [5.41, 5.74) is 38.6. The van der Waals surface area contributed by atoms with Crippen LogP contribution in [0, 0.1) is 0 Å². The number of nitrogens with one attached hydrogen (secondary N) is 8. The summed E-state index contributed by atoms with van der Waals surface area (Å²) in [6, 6.07) is 8.26. The van der Waals surface area contributed by atoms with Gasteiger partial charge in [-0.05, 0) is 119 Å². The molecule has 29 nitrogen and oxygen atoms in total. The topological polar surface area (TPSA) is 480 Å². The minimum atomic E-state index is -1.27. The monoisotopic (exact) mass is 1120 g/mol. The highest BCUT2D eigenvalue weighted by Gasteiger charge is 2.28. The predicted molar refractivity (Wildman–Crippen MR) is 303 cm³/mol. The number of nitrogens with zero attached hydrogens (tertiary/aromatic N) is 3. The Morgan fingerprint density at radius 1 is 0.475 bits per heavy atom. The van der Waals surface area contributed by atoms with Crippen LogP contribution in [0.4, 0.5) is 17.1 Å². The lowest BCUT2D eigenvalue weighted by atomic mass is 10.1. The molecule has 0 aliphatic carbocycles. The van der Waals surface area contributed by atoms with Crippen molar-refractivity contribution in [2.75, 3.05) is 70.5 Å². The second kappa shape index (κ2) is 33.7. The van der Waals surface area contributed by atoms with E-state index in [2.05, 4.69) is 57.5 Å². The second-order valence-corrected chi connectivity index (χ2v) is 17.8. The SMILES string of the molecule is CNC(=O)[C@@H](CCCN=C(N)N)NC(=O)c1cc(NC(=O)[C@@H](CCCN=C(N)N)NC(=O)c2cc(NC(=O)[C@@H](CCCN=C(N)N)NC(=O)c3cc(NC(=O)[C@@H](C)NC(=O)CCCCN)ccc3OC)ccc2OC)ccc1OC. The fourth-order valence-electron chi connectivity index (χ4n) is 7.61. The smallest absolute Gasteiger partial charge is 0.255 e. The molecule has 0 saturated heterocycles. The molecule has 0 saturated carbocycles. The molecule has 0 fully saturated rings. The van der Waals surface area contributed by atoms with Crippen LogP contribution in [0.2, 0.25) is 0 Å². The molecule has 0 heterocycles. The van der Waals surface area contributed by atoms with Gasteiger partial charge in [-0.2, -0.15) is 0 Å². The average molecular weight is 1120 g/mol. The van der Waals surface area contributed by atoms with Crippen LogP contribution in [-0.2, 0) is 24.0 Å². The molecule has 436 valence electrons. The predicted octanol–water partition coefficient (Wildman–Crippen LogP) is -1.24. The number of methoxy groups -OCH3 is 3. The van der Waals surface area contributed by atoms with E-state index in [9.17, 15) is 38.4 Å². The molecule has 0 aliphatic heterocycles. The maximum atomic E-state index is 14.2. The van der Waals surface area contributed by atoms with Gasteiger partial charge in [-0.25, -0.2) is 0 Å². The molecule has 3 rings (SSSR count). The Morgan fingerprint density at radius 2 is 0.812 bits per heavy atom. The minimum absolute atomic E-state index is 0.00114. The van der Waals surface area contributed by atoms with Crippen molar-refractivity contribution in [2.45, 2.75) is 88.9 Å². The van der Waals surface area contributed by atoms with E-state index in [0.29, 0.717) is 25.8 Å². The molecular formula is C51H76N18O11. The van der Waals surface area contributed by atoms with E-state index in [1.807, 2.05) is 0 Å². The van der Waals surface area contributed by atoms with Crippen molar-refractivity contribution in [3.63, 3.8) is 0 Å². The maximum Gasteiger partial charge on any atom is 0.255 e. The molecule has 0 radical (unpaired) electrons. The zero-order valence-corrected chi connectivity index (χ0v) is 45.6. The van der Waals surface area contributed by atoms with E-state index < -0.39 is 65.5 Å². The normalized spacial score (nSPS) is 12.0. The molecule has 3 aromatic carbocycles. The van der Waals surface area contributed by atoms with Gasteiger partial charge in [0.05, 0.1) is 38.0 Å². The van der Waals surface area contributed by atoms with Crippen molar-refractivity contribution in [1.29, 1.82) is 0 Å². The number of hydrogen-bond acceptors (Lipinski definition) is 15. The summed E-state index contributed by atoms with van der Waals surface area (Å²) < 4.78 is 16.4. The molecule has 3 aromatic rings. The van der Waals surface area contributed by atoms with Gasteiger partial charge in [-0.3, -0.25) is 53.3 Å². The molecule has 0 bridgehead atoms. The average Bonchev–Trinajstić information content (AvgIpc) is 3.47. The summed E-state index contributed by atoms with van der Waals surface area (Å²) in [7, 11) is 5.40. The summed E-state index contributed by atoms with van der Waals surface area (Å²) in [5, 5.41) is 21.4. The van der Waals surface area contributed by atoms with Crippen LogP contribution >= 0.6 is 0 Å². The van der Waals surface area contributed by atoms with Crippen LogP contribution in [0.5, 0.6) is 17.2 Å². The van der Waals surface area contributed by atoms with E-state index in [1.165, 1.54) is 89.9 Å². The quantitative estimate of drug-likeness (QED) is 0.0193. The maximum absolute atomic E-state index is 14.2. The number of anilines is 3. The van der Waals surface area contributed by atoms with Crippen LogP contribution < -0.4 is 96.9 Å². The summed E-state index contributed by atoms with van der Waals surface area (Å²) >= 11 is 0. The lowest BCUT2D eigenvalue weighted by Crippen LogP contribution is -2.46. The van der Waals surface area contributed by atoms with Gasteiger partial charge in [0.1, 0.15) is 41.4 Å². The van der Waals surface area contributed by atoms with Crippen molar-refractivity contribution < 1.29 is 52.6 Å². The number of carbonyl (C=O) groups is 8. The fourth-order valence-corrected chi connectivity index (χ4v) is 7.61. The van der Waals surface area contributed by atoms with Gasteiger partial charge in [0.15, 0.2) is 17.9 Å². The van der Waals surface area contributed by atoms with Gasteiger partial charge in [0.25, 0.3) is 17.7 Å². The molecule has 4 atom stereocenters. The lowest BCUT2D eigenvalue weighted by Gasteiger charge is -2.21. The summed E-state index contributed by atoms with van der Waals surface area (Å²) in [4.78, 5) is 120. The molecule has 29 heteroatoms. The van der Waals surface area contributed by atoms with E-state index in [1.54, 1.807) is 0 Å². The molecule has 0 aromatic heterocycles. The Bertz CT molecular complexity index is 2730. The second-order valence-electron chi connectivity index (χ2n) is 17.8. The molecule has 0 aliphatic rings. The van der Waals surface area contributed by atoms with Gasteiger partial charge < -0.3 is 96.9 Å². The number of carbonyl (C=O) groups excluding carboxylic acids is 8. The standard InChI is InChI=1S/C51H76N18O11/c1-28(63-41(70)14-6-7-21-52)42(71)64-29-15-18-38(78-3)32(25-29)44(73)68-36(12-9-23-61-50(55)56)47(76)66-31-17-20-40(80-5)34(27-31)45(74)69-37(13-10-24-62-51(57)58)48(77)65-30-16-19-39(79-4)33(26-30)43(72)67-35(46(75)59-2)11-8-22-60-49(53)54/h15-20,25-28,35-37H,6-14,21-24,52H2,1-5H3,(H,59,75)(H,63,70)(H,64,71)(H,65,77)(H,66,76)(H,67,72)(H,68,73)(H,69,74)(H4,53,54,60)(H4,55,56,61)(H4,57,58,62)/t28-,35-,36-,37-/m1/s1. The Hall–Kier alpha value is -9.41. The summed E-state index contributed by atoms with van der Waals surface area (Å²) in [5.74, 6) is -5.31. The number of aliphatic imine (C=N–C) groups is 3. The van der Waals surface area contributed by atoms with E-state index >= 15 is 0 Å². The van der Waals surface area contributed by atoms with Crippen molar-refractivity contribution in [1.82, 2.24) is 26.6 Å². The minimum Gasteiger partial charge on any atom is -0.496 e. The zero-order chi connectivity index (χ0) is 59.3. The summed E-state index contributed by atoms with van der Waals surface area (Å²) in [6.45, 7) is 2.34. The van der Waals surface area contributed by atoms with Gasteiger partial charge in [-0.1, -0.05) is 0 Å². The van der Waals surface area contributed by atoms with Crippen molar-refractivity contribution in [2.24, 2.45) is 55.1 Å². The third-order valence-electron chi connectivity index (χ3n) is 11.7. The first-order valence-corrected chi connectivity index (χ1v) is 25.4. The highest BCUT2D eigenvalue weighted by Crippen LogP contribution is 2.27. The number of likely N-dealkylation sites (N-methyl/N-ethyl adjacent to an activating group) is 1. The number of amides is 8. The third kappa shape index (κ3) is 21.9. The van der Waals surface area contributed by atoms with Crippen LogP contribution in [0.3, 0.4) is 0 Å². The fraction of sp³-hybridized carbons (Fsp3) is 0.431. The van der Waals surface area contributed by atoms with Crippen molar-refractivity contribution in [3.8, 4) is 17.2 Å². The van der Waals surface area contributed by atoms with Gasteiger partial charge in [0.2, 0.25) is 29.5 Å². The first-order valence-electron chi connectivity index (χ1n) is 25.4. The molecule has 22 N–H and O–H groups in total. The van der Waals surface area contributed by atoms with E-state index in [0.717, 1.165) is 0 Å². The third-order valence-corrected chi connectivity index (χ3v) is 11.7. The van der Waals surface area contributed by atoms with Gasteiger partial charge in [-0.15, -0.1) is 0 Å². The Kier molecular flexibility index (Phi) is 27.3. The number of ether oxygens (including phenoxy) is 3. The first kappa shape index (κ1) is 64.9. The van der Waals surface area contributed by atoms with Crippen molar-refractivity contribution >= 4 is 82.2 Å². The largest absolute Gasteiger partial charge is 0.496 e. The highest BCUT2D eigenvalue weighted by molar-refractivity contribution is 6.07. The molecule has 0 unspecified atom stereocenters. The number of rotatable bonds is 33. The lowest BCUT2D eigenvalue weighted by molar-refractivity contribution is -0.126. The summed E-state index contributed by atoms with van der Waals surface area (Å²) in [6.07, 6.45) is 2.38. The molecular weight excluding hydrogens is 1040 g/mol. The van der Waals surface area contributed by atoms with E-state index in [-0.39, 0.29) is 133 Å². The molecule has 80 heavy (non-hydrogen) atoms. The van der Waals surface area contributed by atoms with Gasteiger partial charge >= 0.3 is 0 Å². The Morgan fingerprint density at radius 3 is 1.12 bits per heavy atom. The molecule has 8 amide bonds. The Labute approximate surface area is 463 Å². The highest BCUT2D eigenvalue weighted by atomic mass is 16.5. The van der Waals surface area contributed by atoms with Crippen LogP contribution in [0.15, 0.2) is 69.6 Å². The number of nitrogens with two attached hydrogens (primary N) is 7. The van der Waals surface area contributed by atoms with E-state index in [4.69, 9.17) is 54.3 Å². The Balaban J connectivity index is 1.91. The number of guanidine groups is 3. The van der Waals surface area contributed by atoms with Crippen LogP contribution in [-0.4, -0.2) is 144 Å². The van der Waals surface area contributed by atoms with Crippen LogP contribution in [0.25, 0.3) is 0 Å². The molecule has 0 spiro atoms.